The van der Waals surface area contributed by atoms with E-state index in [9.17, 15) is 9.59 Å². The van der Waals surface area contributed by atoms with Crippen LogP contribution in [0, 0.1) is 20.8 Å². The van der Waals surface area contributed by atoms with Crippen LogP contribution in [-0.4, -0.2) is 56.3 Å². The van der Waals surface area contributed by atoms with Gasteiger partial charge in [0.2, 0.25) is 5.91 Å². The second-order valence-electron chi connectivity index (χ2n) is 7.46. The molecule has 1 N–H and O–H groups in total. The Kier molecular flexibility index (Phi) is 7.52. The van der Waals surface area contributed by atoms with E-state index in [1.54, 1.807) is 25.6 Å². The fourth-order valence-corrected chi connectivity index (χ4v) is 4.42. The maximum Gasteiger partial charge on any atom is 0.265 e. The van der Waals surface area contributed by atoms with Crippen molar-refractivity contribution >= 4 is 40.0 Å². The molecule has 0 bridgehead atoms. The predicted octanol–water partition coefficient (Wildman–Crippen LogP) is 3.21. The third kappa shape index (κ3) is 5.65. The molecule has 11 heteroatoms. The summed E-state index contributed by atoms with van der Waals surface area (Å²) in [6.45, 7) is 6.12. The number of amides is 2. The standard InChI is InChI=1S/C21H26N6O3S2/c1-12-7-8-15(9-13(12)2)30-10-16-24-25-21(27(16)6)31-11-17(28)23-20-22-14(3)18(32-20)19(29)26(4)5/h7-9H,10-11H2,1-6H3,(H,22,23,28). The van der Waals surface area contributed by atoms with E-state index in [-0.39, 0.29) is 24.2 Å². The molecule has 3 aromatic rings. The zero-order chi connectivity index (χ0) is 23.4. The van der Waals surface area contributed by atoms with E-state index in [0.717, 1.165) is 11.3 Å². The average molecular weight is 475 g/mol. The first-order chi connectivity index (χ1) is 15.2. The van der Waals surface area contributed by atoms with Gasteiger partial charge in [0.25, 0.3) is 5.91 Å². The molecule has 1 aromatic carbocycles. The van der Waals surface area contributed by atoms with Crippen LogP contribution >= 0.6 is 23.1 Å². The lowest BCUT2D eigenvalue weighted by Gasteiger charge is -2.08. The molecule has 0 atom stereocenters. The van der Waals surface area contributed by atoms with Gasteiger partial charge >= 0.3 is 0 Å². The van der Waals surface area contributed by atoms with Gasteiger partial charge in [-0.15, -0.1) is 10.2 Å². The summed E-state index contributed by atoms with van der Waals surface area (Å²) in [6.07, 6.45) is 0. The Hall–Kier alpha value is -2.92. The number of carbonyl (C=O) groups is 2. The van der Waals surface area contributed by atoms with Gasteiger partial charge < -0.3 is 19.5 Å². The SMILES string of the molecule is Cc1ccc(OCc2nnc(SCC(=O)Nc3nc(C)c(C(=O)N(C)C)s3)n2C)cc1C. The van der Waals surface area contributed by atoms with Crippen LogP contribution < -0.4 is 10.1 Å². The quantitative estimate of drug-likeness (QED) is 0.500. The number of hydrogen-bond donors (Lipinski definition) is 1. The summed E-state index contributed by atoms with van der Waals surface area (Å²) in [5.74, 6) is 1.21. The highest BCUT2D eigenvalue weighted by molar-refractivity contribution is 7.99. The molecular weight excluding hydrogens is 448 g/mol. The maximum absolute atomic E-state index is 12.4. The normalized spacial score (nSPS) is 10.8. The first kappa shape index (κ1) is 23.7. The van der Waals surface area contributed by atoms with Crippen molar-refractivity contribution in [3.8, 4) is 5.75 Å². The van der Waals surface area contributed by atoms with E-state index in [1.807, 2.05) is 32.2 Å². The molecular formula is C21H26N6O3S2. The Balaban J connectivity index is 1.54. The van der Waals surface area contributed by atoms with E-state index in [2.05, 4.69) is 27.4 Å². The molecule has 170 valence electrons. The van der Waals surface area contributed by atoms with Crippen molar-refractivity contribution in [1.82, 2.24) is 24.6 Å². The number of rotatable bonds is 8. The fourth-order valence-electron chi connectivity index (χ4n) is 2.68. The first-order valence-electron chi connectivity index (χ1n) is 9.85. The summed E-state index contributed by atoms with van der Waals surface area (Å²) in [7, 11) is 5.19. The van der Waals surface area contributed by atoms with Crippen molar-refractivity contribution in [1.29, 1.82) is 0 Å². The number of nitrogens with zero attached hydrogens (tertiary/aromatic N) is 5. The summed E-state index contributed by atoms with van der Waals surface area (Å²) in [5.41, 5.74) is 2.97. The Morgan fingerprint density at radius 2 is 1.94 bits per heavy atom. The van der Waals surface area contributed by atoms with Gasteiger partial charge in [0.05, 0.1) is 11.4 Å². The highest BCUT2D eigenvalue weighted by Gasteiger charge is 2.18. The lowest BCUT2D eigenvalue weighted by atomic mass is 10.1. The minimum Gasteiger partial charge on any atom is -0.486 e. The van der Waals surface area contributed by atoms with Gasteiger partial charge in [0, 0.05) is 21.1 Å². The molecule has 0 spiro atoms. The fraction of sp³-hybridized carbons (Fsp3) is 0.381. The van der Waals surface area contributed by atoms with Crippen molar-refractivity contribution in [2.24, 2.45) is 7.05 Å². The van der Waals surface area contributed by atoms with Crippen LogP contribution in [0.15, 0.2) is 23.4 Å². The van der Waals surface area contributed by atoms with Gasteiger partial charge in [0.15, 0.2) is 16.1 Å². The Labute approximate surface area is 195 Å². The van der Waals surface area contributed by atoms with Crippen LogP contribution in [0.4, 0.5) is 5.13 Å². The van der Waals surface area contributed by atoms with Gasteiger partial charge in [-0.3, -0.25) is 9.59 Å². The Bertz CT molecular complexity index is 1140. The van der Waals surface area contributed by atoms with Crippen LogP contribution in [0.5, 0.6) is 5.75 Å². The second kappa shape index (κ2) is 10.1. The monoisotopic (exact) mass is 474 g/mol. The summed E-state index contributed by atoms with van der Waals surface area (Å²) in [6, 6.07) is 5.94. The van der Waals surface area contributed by atoms with Gasteiger partial charge in [-0.05, 0) is 44.0 Å². The lowest BCUT2D eigenvalue weighted by molar-refractivity contribution is -0.113. The number of hydrogen-bond acceptors (Lipinski definition) is 8. The number of nitrogens with one attached hydrogen (secondary N) is 1. The number of thiazole rings is 1. The molecule has 32 heavy (non-hydrogen) atoms. The summed E-state index contributed by atoms with van der Waals surface area (Å²) in [5, 5.41) is 12.1. The van der Waals surface area contributed by atoms with Gasteiger partial charge in [-0.25, -0.2) is 4.98 Å². The summed E-state index contributed by atoms with van der Waals surface area (Å²) >= 11 is 2.43. The zero-order valence-corrected chi connectivity index (χ0v) is 20.6. The third-order valence-electron chi connectivity index (χ3n) is 4.75. The molecule has 0 saturated carbocycles. The topological polar surface area (TPSA) is 102 Å². The molecule has 9 nitrogen and oxygen atoms in total. The lowest BCUT2D eigenvalue weighted by Crippen LogP contribution is -2.21. The van der Waals surface area contributed by atoms with E-state index in [4.69, 9.17) is 4.74 Å². The average Bonchev–Trinajstić information content (AvgIpc) is 3.28. The highest BCUT2D eigenvalue weighted by Crippen LogP contribution is 2.24. The van der Waals surface area contributed by atoms with Crippen molar-refractivity contribution in [3.63, 3.8) is 0 Å². The molecule has 0 aliphatic heterocycles. The van der Waals surface area contributed by atoms with Crippen LogP contribution in [-0.2, 0) is 18.4 Å². The zero-order valence-electron chi connectivity index (χ0n) is 18.9. The second-order valence-corrected chi connectivity index (χ2v) is 9.40. The summed E-state index contributed by atoms with van der Waals surface area (Å²) in [4.78, 5) is 30.8. The number of anilines is 1. The highest BCUT2D eigenvalue weighted by atomic mass is 32.2. The van der Waals surface area contributed by atoms with Gasteiger partial charge in [0.1, 0.15) is 17.2 Å². The van der Waals surface area contributed by atoms with Crippen molar-refractivity contribution in [2.45, 2.75) is 32.5 Å². The molecule has 2 heterocycles. The molecule has 2 amide bonds. The van der Waals surface area contributed by atoms with Gasteiger partial charge in [-0.2, -0.15) is 0 Å². The molecule has 0 unspecified atom stereocenters. The largest absolute Gasteiger partial charge is 0.486 e. The molecule has 3 rings (SSSR count). The molecule has 0 fully saturated rings. The van der Waals surface area contributed by atoms with E-state index in [1.165, 1.54) is 33.6 Å². The molecule has 0 aliphatic rings. The van der Waals surface area contributed by atoms with Crippen LogP contribution in [0.3, 0.4) is 0 Å². The minimum absolute atomic E-state index is 0.135. The Morgan fingerprint density at radius 3 is 2.62 bits per heavy atom. The smallest absolute Gasteiger partial charge is 0.265 e. The van der Waals surface area contributed by atoms with E-state index < -0.39 is 0 Å². The molecule has 0 radical (unpaired) electrons. The number of carbonyl (C=O) groups excluding carboxylic acids is 2. The van der Waals surface area contributed by atoms with Crippen molar-refractivity contribution in [3.05, 3.63) is 45.7 Å². The Morgan fingerprint density at radius 1 is 1.19 bits per heavy atom. The molecule has 0 aliphatic carbocycles. The number of aromatic nitrogens is 4. The summed E-state index contributed by atoms with van der Waals surface area (Å²) < 4.78 is 7.63. The number of ether oxygens (including phenoxy) is 1. The number of benzene rings is 1. The number of thioether (sulfide) groups is 1. The molecule has 2 aromatic heterocycles. The van der Waals surface area contributed by atoms with Crippen LogP contribution in [0.2, 0.25) is 0 Å². The maximum atomic E-state index is 12.4. The van der Waals surface area contributed by atoms with E-state index >= 15 is 0 Å². The third-order valence-corrected chi connectivity index (χ3v) is 6.83. The van der Waals surface area contributed by atoms with Crippen molar-refractivity contribution < 1.29 is 14.3 Å². The number of aryl methyl sites for hydroxylation is 3. The van der Waals surface area contributed by atoms with Crippen LogP contribution in [0.25, 0.3) is 0 Å². The van der Waals surface area contributed by atoms with Gasteiger partial charge in [-0.1, -0.05) is 29.2 Å². The van der Waals surface area contributed by atoms with E-state index in [0.29, 0.717) is 26.7 Å². The first-order valence-corrected chi connectivity index (χ1v) is 11.7. The predicted molar refractivity (Wildman–Crippen MR) is 125 cm³/mol. The van der Waals surface area contributed by atoms with Crippen molar-refractivity contribution in [2.75, 3.05) is 25.2 Å². The molecule has 0 saturated heterocycles. The van der Waals surface area contributed by atoms with Crippen LogP contribution in [0.1, 0.15) is 32.3 Å². The minimum atomic E-state index is -0.233.